The maximum atomic E-state index is 12.6. The maximum absolute atomic E-state index is 12.6. The van der Waals surface area contributed by atoms with E-state index in [4.69, 9.17) is 9.72 Å². The molecule has 3 heterocycles. The van der Waals surface area contributed by atoms with Gasteiger partial charge < -0.3 is 9.30 Å². The molecule has 0 radical (unpaired) electrons. The largest absolute Gasteiger partial charge is 0.477 e. The monoisotopic (exact) mass is 402 g/mol. The third kappa shape index (κ3) is 3.46. The van der Waals surface area contributed by atoms with Gasteiger partial charge in [0.25, 0.3) is 0 Å². The second-order valence-corrected chi connectivity index (χ2v) is 7.96. The lowest BCUT2D eigenvalue weighted by Crippen LogP contribution is -2.26. The number of hydrogen-bond donors (Lipinski definition) is 0. The number of imidazole rings is 1. The van der Waals surface area contributed by atoms with Crippen LogP contribution in [0.4, 0.5) is 13.2 Å². The van der Waals surface area contributed by atoms with Gasteiger partial charge in [-0.2, -0.15) is 13.2 Å². The number of para-hydroxylation sites is 2. The highest BCUT2D eigenvalue weighted by Crippen LogP contribution is 2.52. The minimum absolute atomic E-state index is 0.250. The van der Waals surface area contributed by atoms with Crippen molar-refractivity contribution in [3.63, 3.8) is 0 Å². The minimum Gasteiger partial charge on any atom is -0.477 e. The highest BCUT2D eigenvalue weighted by molar-refractivity contribution is 5.75. The second kappa shape index (κ2) is 6.73. The fourth-order valence-corrected chi connectivity index (χ4v) is 4.46. The van der Waals surface area contributed by atoms with E-state index in [0.717, 1.165) is 48.8 Å². The van der Waals surface area contributed by atoms with Crippen LogP contribution in [0, 0.1) is 17.8 Å². The minimum atomic E-state index is -4.37. The molecule has 3 atom stereocenters. The Bertz CT molecular complexity index is 1020. The van der Waals surface area contributed by atoms with Crippen molar-refractivity contribution in [3.05, 3.63) is 54.0 Å². The van der Waals surface area contributed by atoms with Gasteiger partial charge in [0.1, 0.15) is 5.82 Å². The first kappa shape index (κ1) is 18.4. The van der Waals surface area contributed by atoms with Crippen LogP contribution in [0.2, 0.25) is 0 Å². The molecule has 1 unspecified atom stereocenters. The van der Waals surface area contributed by atoms with Crippen LogP contribution in [0.3, 0.4) is 0 Å². The van der Waals surface area contributed by atoms with Crippen molar-refractivity contribution in [1.82, 2.24) is 19.4 Å². The van der Waals surface area contributed by atoms with Gasteiger partial charge in [0.2, 0.25) is 5.88 Å². The number of rotatable bonds is 5. The standard InChI is InChI=1S/C21H21F3N4O/c1-27-18-5-3-2-4-17(18)26-19(27)11-28-9-14-15(10-28)16(14)12-29-20-7-6-13(8-25-20)21(22,23)24/h2-8,14-16H,9-12H2,1H3/t14-,15+,16?. The molecule has 5 rings (SSSR count). The third-order valence-corrected chi connectivity index (χ3v) is 6.18. The van der Waals surface area contributed by atoms with Crippen LogP contribution < -0.4 is 4.74 Å². The Balaban J connectivity index is 1.13. The van der Waals surface area contributed by atoms with Gasteiger partial charge in [-0.15, -0.1) is 0 Å². The smallest absolute Gasteiger partial charge is 0.417 e. The van der Waals surface area contributed by atoms with E-state index < -0.39 is 11.7 Å². The first-order valence-electron chi connectivity index (χ1n) is 9.69. The van der Waals surface area contributed by atoms with Crippen LogP contribution in [0.25, 0.3) is 11.0 Å². The van der Waals surface area contributed by atoms with Crippen molar-refractivity contribution in [2.45, 2.75) is 12.7 Å². The van der Waals surface area contributed by atoms with Crippen LogP contribution >= 0.6 is 0 Å². The van der Waals surface area contributed by atoms with Crippen molar-refractivity contribution >= 4 is 11.0 Å². The number of alkyl halides is 3. The lowest BCUT2D eigenvalue weighted by Gasteiger charge is -2.19. The number of aryl methyl sites for hydroxylation is 1. The van der Waals surface area contributed by atoms with Crippen molar-refractivity contribution in [2.24, 2.45) is 24.8 Å². The van der Waals surface area contributed by atoms with Gasteiger partial charge >= 0.3 is 6.18 Å². The molecule has 2 fully saturated rings. The Morgan fingerprint density at radius 2 is 1.86 bits per heavy atom. The summed E-state index contributed by atoms with van der Waals surface area (Å²) in [6.07, 6.45) is -3.55. The first-order valence-corrected chi connectivity index (χ1v) is 9.69. The molecule has 5 nitrogen and oxygen atoms in total. The molecular weight excluding hydrogens is 381 g/mol. The predicted molar refractivity (Wildman–Crippen MR) is 101 cm³/mol. The molecular formula is C21H21F3N4O. The van der Waals surface area contributed by atoms with Crippen LogP contribution in [0.5, 0.6) is 5.88 Å². The van der Waals surface area contributed by atoms with E-state index in [2.05, 4.69) is 27.6 Å². The molecule has 2 aromatic heterocycles. The molecule has 0 bridgehead atoms. The van der Waals surface area contributed by atoms with Gasteiger partial charge in [0.05, 0.1) is 29.7 Å². The predicted octanol–water partition coefficient (Wildman–Crippen LogP) is 3.74. The Kier molecular flexibility index (Phi) is 4.27. The van der Waals surface area contributed by atoms with Gasteiger partial charge in [-0.3, -0.25) is 4.90 Å². The molecule has 3 aromatic rings. The van der Waals surface area contributed by atoms with Gasteiger partial charge in [-0.05, 0) is 30.0 Å². The number of hydrogen-bond acceptors (Lipinski definition) is 4. The molecule has 0 amide bonds. The molecule has 29 heavy (non-hydrogen) atoms. The second-order valence-electron chi connectivity index (χ2n) is 7.96. The molecule has 2 aliphatic rings. The molecule has 1 saturated heterocycles. The van der Waals surface area contributed by atoms with Crippen LogP contribution in [0.15, 0.2) is 42.6 Å². The fourth-order valence-electron chi connectivity index (χ4n) is 4.46. The van der Waals surface area contributed by atoms with E-state index in [9.17, 15) is 13.2 Å². The number of likely N-dealkylation sites (tertiary alicyclic amines) is 1. The number of halogens is 3. The molecule has 1 aliphatic heterocycles. The quantitative estimate of drug-likeness (QED) is 0.652. The zero-order valence-corrected chi connectivity index (χ0v) is 15.9. The summed E-state index contributed by atoms with van der Waals surface area (Å²) in [5.41, 5.74) is 1.40. The highest BCUT2D eigenvalue weighted by atomic mass is 19.4. The van der Waals surface area contributed by atoms with Crippen molar-refractivity contribution < 1.29 is 17.9 Å². The first-order chi connectivity index (χ1) is 13.9. The lowest BCUT2D eigenvalue weighted by molar-refractivity contribution is -0.137. The summed E-state index contributed by atoms with van der Waals surface area (Å²) in [6, 6.07) is 10.4. The summed E-state index contributed by atoms with van der Waals surface area (Å²) in [4.78, 5) is 10.9. The molecule has 1 saturated carbocycles. The van der Waals surface area contributed by atoms with E-state index in [-0.39, 0.29) is 5.88 Å². The summed E-state index contributed by atoms with van der Waals surface area (Å²) in [5.74, 6) is 2.93. The molecule has 0 spiro atoms. The van der Waals surface area contributed by atoms with Crippen LogP contribution in [0.1, 0.15) is 11.4 Å². The summed E-state index contributed by atoms with van der Waals surface area (Å²) < 4.78 is 45.5. The van der Waals surface area contributed by atoms with E-state index in [1.165, 1.54) is 6.07 Å². The number of piperidine rings is 1. The number of pyridine rings is 1. The van der Waals surface area contributed by atoms with Crippen LogP contribution in [-0.2, 0) is 19.8 Å². The fraction of sp³-hybridized carbons (Fsp3) is 0.429. The molecule has 1 aromatic carbocycles. The topological polar surface area (TPSA) is 43.2 Å². The van der Waals surface area contributed by atoms with Gasteiger partial charge in [-0.1, -0.05) is 12.1 Å². The SMILES string of the molecule is Cn1c(CN2C[C@@H]3C(COc4ccc(C(F)(F)F)cn4)[C@@H]3C2)nc2ccccc21. The normalized spacial score (nSPS) is 24.1. The zero-order valence-electron chi connectivity index (χ0n) is 15.9. The highest BCUT2D eigenvalue weighted by Gasteiger charge is 2.55. The van der Waals surface area contributed by atoms with Crippen LogP contribution in [-0.4, -0.2) is 39.1 Å². The third-order valence-electron chi connectivity index (χ3n) is 6.18. The van der Waals surface area contributed by atoms with E-state index in [0.29, 0.717) is 24.4 Å². The maximum Gasteiger partial charge on any atom is 0.417 e. The number of fused-ring (bicyclic) bond motifs is 2. The van der Waals surface area contributed by atoms with Crippen molar-refractivity contribution in [2.75, 3.05) is 19.7 Å². The number of benzene rings is 1. The summed E-state index contributed by atoms with van der Waals surface area (Å²) in [6.45, 7) is 3.34. The average molecular weight is 402 g/mol. The van der Waals surface area contributed by atoms with Gasteiger partial charge in [0, 0.05) is 38.3 Å². The summed E-state index contributed by atoms with van der Waals surface area (Å²) in [7, 11) is 2.05. The molecule has 152 valence electrons. The Hall–Kier alpha value is -2.61. The average Bonchev–Trinajstić information content (AvgIpc) is 3.01. The Morgan fingerprint density at radius 1 is 1.10 bits per heavy atom. The Morgan fingerprint density at radius 3 is 2.52 bits per heavy atom. The van der Waals surface area contributed by atoms with Crippen molar-refractivity contribution in [1.29, 1.82) is 0 Å². The number of ether oxygens (including phenoxy) is 1. The Labute approximate surface area is 166 Å². The van der Waals surface area contributed by atoms with Gasteiger partial charge in [-0.25, -0.2) is 9.97 Å². The van der Waals surface area contributed by atoms with Crippen molar-refractivity contribution in [3.8, 4) is 5.88 Å². The number of nitrogens with zero attached hydrogens (tertiary/aromatic N) is 4. The van der Waals surface area contributed by atoms with E-state index >= 15 is 0 Å². The lowest BCUT2D eigenvalue weighted by atomic mass is 10.2. The zero-order chi connectivity index (χ0) is 20.2. The van der Waals surface area contributed by atoms with E-state index in [1.807, 2.05) is 18.2 Å². The van der Waals surface area contributed by atoms with E-state index in [1.54, 1.807) is 0 Å². The number of aromatic nitrogens is 3. The molecule has 1 aliphatic carbocycles. The molecule has 0 N–H and O–H groups in total. The van der Waals surface area contributed by atoms with Gasteiger partial charge in [0.15, 0.2) is 0 Å². The summed E-state index contributed by atoms with van der Waals surface area (Å²) in [5, 5.41) is 0. The molecule has 8 heteroatoms. The summed E-state index contributed by atoms with van der Waals surface area (Å²) >= 11 is 0.